The molecular weight excluding hydrogens is 352 g/mol. The quantitative estimate of drug-likeness (QED) is 0.366. The molecule has 0 saturated carbocycles. The molecule has 0 radical (unpaired) electrons. The number of rotatable bonds is 15. The first kappa shape index (κ1) is 22.3. The maximum atomic E-state index is 6.11. The van der Waals surface area contributed by atoms with Crippen molar-refractivity contribution in [3.63, 3.8) is 0 Å². The fraction of sp³-hybridized carbons (Fsp3) is 0.500. The third kappa shape index (κ3) is 7.91. The zero-order chi connectivity index (χ0) is 19.9. The first-order valence-electron chi connectivity index (χ1n) is 10.5. The normalized spacial score (nSPS) is 10.8. The topological polar surface area (TPSA) is 36.9 Å². The number of hydrogen-bond acceptors (Lipinski definition) is 4. The summed E-state index contributed by atoms with van der Waals surface area (Å²) in [5.41, 5.74) is 2.13. The summed E-state index contributed by atoms with van der Waals surface area (Å²) < 4.78 is 23.3. The highest BCUT2D eigenvalue weighted by Gasteiger charge is 2.13. The lowest BCUT2D eigenvalue weighted by Crippen LogP contribution is -2.11. The predicted octanol–water partition coefficient (Wildman–Crippen LogP) is 5.74. The number of ether oxygens (including phenoxy) is 4. The van der Waals surface area contributed by atoms with Crippen molar-refractivity contribution >= 4 is 0 Å². The zero-order valence-corrected chi connectivity index (χ0v) is 17.3. The maximum absolute atomic E-state index is 6.11. The molecule has 154 valence electrons. The molecule has 0 aliphatic rings. The van der Waals surface area contributed by atoms with Gasteiger partial charge in [0.2, 0.25) is 0 Å². The van der Waals surface area contributed by atoms with Gasteiger partial charge in [-0.25, -0.2) is 0 Å². The molecule has 0 N–H and O–H groups in total. The van der Waals surface area contributed by atoms with Crippen LogP contribution in [0, 0.1) is 0 Å². The van der Waals surface area contributed by atoms with Crippen LogP contribution in [0.15, 0.2) is 48.5 Å². The van der Waals surface area contributed by atoms with Crippen molar-refractivity contribution in [2.24, 2.45) is 0 Å². The summed E-state index contributed by atoms with van der Waals surface area (Å²) in [6.45, 7) is 8.02. The van der Waals surface area contributed by atoms with Gasteiger partial charge in [-0.05, 0) is 24.5 Å². The van der Waals surface area contributed by atoms with Gasteiger partial charge in [0.05, 0.1) is 13.2 Å². The predicted molar refractivity (Wildman–Crippen MR) is 114 cm³/mol. The molecule has 0 aliphatic carbocycles. The largest absolute Gasteiger partial charge is 0.487 e. The minimum atomic E-state index is 0.497. The van der Waals surface area contributed by atoms with Gasteiger partial charge in [0.1, 0.15) is 13.2 Å². The molecule has 2 aromatic rings. The Morgan fingerprint density at radius 3 is 1.89 bits per heavy atom. The SMILES string of the molecule is CCCCOCCOc1cccc(-c2ccccc2)c1OCCOCCCC. The summed E-state index contributed by atoms with van der Waals surface area (Å²) >= 11 is 0. The second kappa shape index (κ2) is 14.0. The Balaban J connectivity index is 2.01. The molecule has 2 rings (SSSR count). The lowest BCUT2D eigenvalue weighted by atomic mass is 10.0. The van der Waals surface area contributed by atoms with E-state index in [1.807, 2.05) is 30.3 Å². The highest BCUT2D eigenvalue weighted by molar-refractivity contribution is 5.73. The van der Waals surface area contributed by atoms with Crippen molar-refractivity contribution in [2.75, 3.05) is 39.6 Å². The van der Waals surface area contributed by atoms with Gasteiger partial charge in [-0.1, -0.05) is 69.2 Å². The van der Waals surface area contributed by atoms with Crippen LogP contribution in [-0.2, 0) is 9.47 Å². The van der Waals surface area contributed by atoms with Crippen LogP contribution >= 0.6 is 0 Å². The van der Waals surface area contributed by atoms with E-state index in [-0.39, 0.29) is 0 Å². The van der Waals surface area contributed by atoms with Crippen LogP contribution in [0.2, 0.25) is 0 Å². The Morgan fingerprint density at radius 2 is 1.25 bits per heavy atom. The Bertz CT molecular complexity index is 642. The van der Waals surface area contributed by atoms with Crippen molar-refractivity contribution < 1.29 is 18.9 Å². The van der Waals surface area contributed by atoms with Crippen LogP contribution in [0.5, 0.6) is 11.5 Å². The molecule has 0 heterocycles. The minimum Gasteiger partial charge on any atom is -0.487 e. The maximum Gasteiger partial charge on any atom is 0.169 e. The third-order valence-electron chi connectivity index (χ3n) is 4.31. The summed E-state index contributed by atoms with van der Waals surface area (Å²) in [6, 6.07) is 16.2. The average molecular weight is 387 g/mol. The molecule has 28 heavy (non-hydrogen) atoms. The number of hydrogen-bond donors (Lipinski definition) is 0. The van der Waals surface area contributed by atoms with E-state index in [1.165, 1.54) is 0 Å². The minimum absolute atomic E-state index is 0.497. The second-order valence-electron chi connectivity index (χ2n) is 6.63. The van der Waals surface area contributed by atoms with Gasteiger partial charge >= 0.3 is 0 Å². The monoisotopic (exact) mass is 386 g/mol. The van der Waals surface area contributed by atoms with Crippen LogP contribution in [0.1, 0.15) is 39.5 Å². The molecule has 0 bridgehead atoms. The van der Waals surface area contributed by atoms with Crippen LogP contribution in [0.4, 0.5) is 0 Å². The van der Waals surface area contributed by atoms with Gasteiger partial charge < -0.3 is 18.9 Å². The fourth-order valence-corrected chi connectivity index (χ4v) is 2.73. The summed E-state index contributed by atoms with van der Waals surface area (Å²) in [5, 5.41) is 0. The van der Waals surface area contributed by atoms with Gasteiger partial charge in [-0.3, -0.25) is 0 Å². The van der Waals surface area contributed by atoms with Gasteiger partial charge in [0.15, 0.2) is 11.5 Å². The van der Waals surface area contributed by atoms with Crippen molar-refractivity contribution in [3.8, 4) is 22.6 Å². The second-order valence-corrected chi connectivity index (χ2v) is 6.63. The van der Waals surface area contributed by atoms with Gasteiger partial charge in [0, 0.05) is 18.8 Å². The summed E-state index contributed by atoms with van der Waals surface area (Å²) in [5.74, 6) is 1.51. The average Bonchev–Trinajstić information content (AvgIpc) is 2.74. The molecule has 0 saturated heterocycles. The van der Waals surface area contributed by atoms with E-state index in [0.29, 0.717) is 26.4 Å². The number of benzene rings is 2. The van der Waals surface area contributed by atoms with Gasteiger partial charge in [-0.2, -0.15) is 0 Å². The van der Waals surface area contributed by atoms with Gasteiger partial charge in [0.25, 0.3) is 0 Å². The first-order valence-corrected chi connectivity index (χ1v) is 10.5. The number of unbranched alkanes of at least 4 members (excludes halogenated alkanes) is 2. The lowest BCUT2D eigenvalue weighted by molar-refractivity contribution is 0.0894. The molecule has 4 heteroatoms. The lowest BCUT2D eigenvalue weighted by Gasteiger charge is -2.17. The highest BCUT2D eigenvalue weighted by Crippen LogP contribution is 2.38. The van der Waals surface area contributed by atoms with Crippen molar-refractivity contribution in [3.05, 3.63) is 48.5 Å². The molecule has 0 amide bonds. The molecule has 0 unspecified atom stereocenters. The Kier molecular flexibility index (Phi) is 11.1. The highest BCUT2D eigenvalue weighted by atomic mass is 16.6. The van der Waals surface area contributed by atoms with Crippen molar-refractivity contribution in [1.29, 1.82) is 0 Å². The molecule has 2 aromatic carbocycles. The smallest absolute Gasteiger partial charge is 0.169 e. The Labute approximate surface area is 169 Å². The molecule has 0 spiro atoms. The molecular formula is C24H34O4. The summed E-state index contributed by atoms with van der Waals surface area (Å²) in [7, 11) is 0. The van der Waals surface area contributed by atoms with Crippen LogP contribution < -0.4 is 9.47 Å². The van der Waals surface area contributed by atoms with E-state index < -0.39 is 0 Å². The Morgan fingerprint density at radius 1 is 0.607 bits per heavy atom. The molecule has 0 aliphatic heterocycles. The van der Waals surface area contributed by atoms with E-state index in [9.17, 15) is 0 Å². The van der Waals surface area contributed by atoms with E-state index in [0.717, 1.165) is 61.5 Å². The first-order chi connectivity index (χ1) is 13.9. The fourth-order valence-electron chi connectivity index (χ4n) is 2.73. The summed E-state index contributed by atoms with van der Waals surface area (Å²) in [6.07, 6.45) is 4.43. The molecule has 0 atom stereocenters. The number of para-hydroxylation sites is 1. The van der Waals surface area contributed by atoms with Crippen molar-refractivity contribution in [1.82, 2.24) is 0 Å². The zero-order valence-electron chi connectivity index (χ0n) is 17.3. The van der Waals surface area contributed by atoms with Crippen molar-refractivity contribution in [2.45, 2.75) is 39.5 Å². The standard InChI is InChI=1S/C24H34O4/c1-3-5-15-25-17-19-27-23-14-10-13-22(21-11-8-7-9-12-21)24(23)28-20-18-26-16-6-4-2/h7-14H,3-6,15-20H2,1-2H3. The van der Waals surface area contributed by atoms with E-state index in [1.54, 1.807) is 0 Å². The molecule has 4 nitrogen and oxygen atoms in total. The third-order valence-corrected chi connectivity index (χ3v) is 4.31. The van der Waals surface area contributed by atoms with Crippen LogP contribution in [0.25, 0.3) is 11.1 Å². The van der Waals surface area contributed by atoms with E-state index in [4.69, 9.17) is 18.9 Å². The van der Waals surface area contributed by atoms with Gasteiger partial charge in [-0.15, -0.1) is 0 Å². The van der Waals surface area contributed by atoms with Crippen LogP contribution in [-0.4, -0.2) is 39.6 Å². The summed E-state index contributed by atoms with van der Waals surface area (Å²) in [4.78, 5) is 0. The Hall–Kier alpha value is -2.04. The van der Waals surface area contributed by atoms with E-state index in [2.05, 4.69) is 32.0 Å². The molecule has 0 fully saturated rings. The van der Waals surface area contributed by atoms with Crippen LogP contribution in [0.3, 0.4) is 0 Å². The van der Waals surface area contributed by atoms with E-state index >= 15 is 0 Å². The molecule has 0 aromatic heterocycles.